The van der Waals surface area contributed by atoms with Crippen molar-refractivity contribution in [3.63, 3.8) is 0 Å². The van der Waals surface area contributed by atoms with E-state index in [9.17, 15) is 4.79 Å². The summed E-state index contributed by atoms with van der Waals surface area (Å²) in [6.07, 6.45) is 2.65. The molecule has 1 aromatic rings. The first-order valence-corrected chi connectivity index (χ1v) is 5.44. The second kappa shape index (κ2) is 5.20. The Kier molecular flexibility index (Phi) is 4.20. The molecule has 1 aromatic heterocycles. The van der Waals surface area contributed by atoms with Crippen molar-refractivity contribution in [1.29, 1.82) is 0 Å². The number of rotatable bonds is 4. The maximum atomic E-state index is 11.5. The molecule has 0 bridgehead atoms. The minimum atomic E-state index is 0.0257. The summed E-state index contributed by atoms with van der Waals surface area (Å²) in [6.45, 7) is 4.64. The van der Waals surface area contributed by atoms with Crippen LogP contribution in [0.5, 0.6) is 0 Å². The topological polar surface area (TPSA) is 34.9 Å². The molecule has 1 unspecified atom stereocenters. The van der Waals surface area contributed by atoms with E-state index < -0.39 is 0 Å². The largest absolute Gasteiger partial charge is 0.299 e. The molecule has 1 atom stereocenters. The van der Waals surface area contributed by atoms with Crippen LogP contribution in [0.2, 0.25) is 0 Å². The Morgan fingerprint density at radius 3 is 2.86 bits per heavy atom. The van der Waals surface area contributed by atoms with Crippen molar-refractivity contribution in [2.75, 3.05) is 5.75 Å². The standard InChI is InChI=1S/C10H16N2OS/c1-3-9(6-14)5-12-7-11-8(2)4-10(12)13/h4,7,9,14H,3,5-6H2,1-2H3. The molecule has 0 saturated heterocycles. The second-order valence-corrected chi connectivity index (χ2v) is 3.84. The molecule has 1 heterocycles. The molecular formula is C10H16N2OS. The molecule has 14 heavy (non-hydrogen) atoms. The average Bonchev–Trinajstić information content (AvgIpc) is 2.17. The second-order valence-electron chi connectivity index (χ2n) is 3.48. The zero-order valence-corrected chi connectivity index (χ0v) is 9.50. The van der Waals surface area contributed by atoms with Gasteiger partial charge in [-0.1, -0.05) is 13.3 Å². The number of thiol groups is 1. The van der Waals surface area contributed by atoms with Crippen LogP contribution in [0, 0.1) is 12.8 Å². The predicted octanol–water partition coefficient (Wildman–Crippen LogP) is 1.51. The van der Waals surface area contributed by atoms with E-state index in [1.54, 1.807) is 17.0 Å². The van der Waals surface area contributed by atoms with Gasteiger partial charge in [-0.15, -0.1) is 0 Å². The molecule has 0 N–H and O–H groups in total. The highest BCUT2D eigenvalue weighted by Crippen LogP contribution is 2.06. The van der Waals surface area contributed by atoms with Crippen molar-refractivity contribution >= 4 is 12.6 Å². The van der Waals surface area contributed by atoms with Gasteiger partial charge >= 0.3 is 0 Å². The Labute approximate surface area is 89.6 Å². The maximum absolute atomic E-state index is 11.5. The van der Waals surface area contributed by atoms with Gasteiger partial charge in [0, 0.05) is 18.3 Å². The highest BCUT2D eigenvalue weighted by molar-refractivity contribution is 7.80. The third kappa shape index (κ3) is 2.87. The zero-order valence-electron chi connectivity index (χ0n) is 8.60. The summed E-state index contributed by atoms with van der Waals surface area (Å²) >= 11 is 4.24. The summed E-state index contributed by atoms with van der Waals surface area (Å²) in [7, 11) is 0. The molecule has 0 saturated carbocycles. The number of hydrogen-bond donors (Lipinski definition) is 1. The molecule has 3 nitrogen and oxygen atoms in total. The summed E-state index contributed by atoms with van der Waals surface area (Å²) in [5, 5.41) is 0. The summed E-state index contributed by atoms with van der Waals surface area (Å²) in [4.78, 5) is 15.6. The molecule has 0 radical (unpaired) electrons. The molecule has 0 aliphatic heterocycles. The first-order chi connectivity index (χ1) is 6.67. The van der Waals surface area contributed by atoms with Crippen molar-refractivity contribution < 1.29 is 0 Å². The van der Waals surface area contributed by atoms with Crippen LogP contribution in [-0.2, 0) is 6.54 Å². The Balaban J connectivity index is 2.81. The third-order valence-corrected chi connectivity index (χ3v) is 2.82. The fourth-order valence-electron chi connectivity index (χ4n) is 1.25. The minimum Gasteiger partial charge on any atom is -0.299 e. The van der Waals surface area contributed by atoms with Crippen molar-refractivity contribution in [1.82, 2.24) is 9.55 Å². The first kappa shape index (κ1) is 11.3. The van der Waals surface area contributed by atoms with Gasteiger partial charge in [-0.2, -0.15) is 12.6 Å². The van der Waals surface area contributed by atoms with Gasteiger partial charge in [0.1, 0.15) is 0 Å². The predicted molar refractivity (Wildman–Crippen MR) is 60.9 cm³/mol. The fraction of sp³-hybridized carbons (Fsp3) is 0.600. The molecule has 4 heteroatoms. The van der Waals surface area contributed by atoms with E-state index in [2.05, 4.69) is 24.5 Å². The van der Waals surface area contributed by atoms with Crippen molar-refractivity contribution in [3.05, 3.63) is 28.4 Å². The normalized spacial score (nSPS) is 12.8. The van der Waals surface area contributed by atoms with Gasteiger partial charge in [0.05, 0.1) is 6.33 Å². The van der Waals surface area contributed by atoms with E-state index in [-0.39, 0.29) is 5.56 Å². The first-order valence-electron chi connectivity index (χ1n) is 4.81. The van der Waals surface area contributed by atoms with Crippen molar-refractivity contribution in [2.45, 2.75) is 26.8 Å². The number of aryl methyl sites for hydroxylation is 1. The van der Waals surface area contributed by atoms with Gasteiger partial charge in [0.25, 0.3) is 5.56 Å². The average molecular weight is 212 g/mol. The van der Waals surface area contributed by atoms with Crippen LogP contribution in [0.25, 0.3) is 0 Å². The highest BCUT2D eigenvalue weighted by Gasteiger charge is 2.06. The van der Waals surface area contributed by atoms with Crippen LogP contribution in [0.4, 0.5) is 0 Å². The third-order valence-electron chi connectivity index (χ3n) is 2.31. The van der Waals surface area contributed by atoms with Gasteiger partial charge in [-0.05, 0) is 18.6 Å². The van der Waals surface area contributed by atoms with E-state index in [0.29, 0.717) is 12.5 Å². The summed E-state index contributed by atoms with van der Waals surface area (Å²) in [5.74, 6) is 1.25. The van der Waals surface area contributed by atoms with E-state index in [0.717, 1.165) is 17.9 Å². The number of nitrogens with zero attached hydrogens (tertiary/aromatic N) is 2. The molecular weight excluding hydrogens is 196 g/mol. The Hall–Kier alpha value is -0.770. The minimum absolute atomic E-state index is 0.0257. The van der Waals surface area contributed by atoms with Gasteiger partial charge in [0.2, 0.25) is 0 Å². The van der Waals surface area contributed by atoms with Crippen LogP contribution in [0.3, 0.4) is 0 Å². The van der Waals surface area contributed by atoms with Crippen molar-refractivity contribution in [2.24, 2.45) is 5.92 Å². The van der Waals surface area contributed by atoms with E-state index in [4.69, 9.17) is 0 Å². The van der Waals surface area contributed by atoms with Crippen LogP contribution in [0.15, 0.2) is 17.2 Å². The lowest BCUT2D eigenvalue weighted by molar-refractivity contribution is 0.463. The van der Waals surface area contributed by atoms with Crippen LogP contribution in [-0.4, -0.2) is 15.3 Å². The molecule has 0 spiro atoms. The molecule has 78 valence electrons. The quantitative estimate of drug-likeness (QED) is 0.768. The molecule has 0 amide bonds. The summed E-state index contributed by atoms with van der Waals surface area (Å²) < 4.78 is 1.65. The van der Waals surface area contributed by atoms with E-state index in [1.807, 2.05) is 6.92 Å². The summed E-state index contributed by atoms with van der Waals surface area (Å²) in [6, 6.07) is 1.56. The van der Waals surface area contributed by atoms with E-state index in [1.165, 1.54) is 0 Å². The number of hydrogen-bond acceptors (Lipinski definition) is 3. The Morgan fingerprint density at radius 2 is 2.36 bits per heavy atom. The van der Waals surface area contributed by atoms with Gasteiger partial charge < -0.3 is 0 Å². The zero-order chi connectivity index (χ0) is 10.6. The Morgan fingerprint density at radius 1 is 1.64 bits per heavy atom. The van der Waals surface area contributed by atoms with Gasteiger partial charge in [-0.25, -0.2) is 4.98 Å². The summed E-state index contributed by atoms with van der Waals surface area (Å²) in [5.41, 5.74) is 0.794. The Bertz CT molecular complexity index is 344. The lowest BCUT2D eigenvalue weighted by atomic mass is 10.1. The molecule has 0 fully saturated rings. The fourth-order valence-corrected chi connectivity index (χ4v) is 1.62. The highest BCUT2D eigenvalue weighted by atomic mass is 32.1. The SMILES string of the molecule is CCC(CS)Cn1cnc(C)cc1=O. The van der Waals surface area contributed by atoms with Crippen molar-refractivity contribution in [3.8, 4) is 0 Å². The van der Waals surface area contributed by atoms with Crippen LogP contribution in [0.1, 0.15) is 19.0 Å². The van der Waals surface area contributed by atoms with Gasteiger partial charge in [0.15, 0.2) is 0 Å². The maximum Gasteiger partial charge on any atom is 0.253 e. The lowest BCUT2D eigenvalue weighted by Crippen LogP contribution is -2.24. The molecule has 0 aliphatic rings. The molecule has 0 aromatic carbocycles. The van der Waals surface area contributed by atoms with Crippen LogP contribution >= 0.6 is 12.6 Å². The molecule has 0 aliphatic carbocycles. The monoisotopic (exact) mass is 212 g/mol. The van der Waals surface area contributed by atoms with E-state index >= 15 is 0 Å². The lowest BCUT2D eigenvalue weighted by Gasteiger charge is -2.13. The van der Waals surface area contributed by atoms with Gasteiger partial charge in [-0.3, -0.25) is 9.36 Å². The van der Waals surface area contributed by atoms with Crippen LogP contribution < -0.4 is 5.56 Å². The number of aromatic nitrogens is 2. The smallest absolute Gasteiger partial charge is 0.253 e. The molecule has 1 rings (SSSR count).